The number of hydrogen-bond donors (Lipinski definition) is 1. The van der Waals surface area contributed by atoms with Crippen LogP contribution in [0.25, 0.3) is 0 Å². The van der Waals surface area contributed by atoms with E-state index in [1.54, 1.807) is 0 Å². The molecule has 1 heterocycles. The van der Waals surface area contributed by atoms with E-state index in [9.17, 15) is 4.79 Å². The first-order valence-electron chi connectivity index (χ1n) is 9.90. The molecule has 0 saturated carbocycles. The molecule has 0 unspecified atom stereocenters. The van der Waals surface area contributed by atoms with Gasteiger partial charge in [-0.2, -0.15) is 0 Å². The number of carbonyl (C=O) groups excluding carboxylic acids is 1. The van der Waals surface area contributed by atoms with Crippen LogP contribution in [0.1, 0.15) is 29.2 Å². The maximum atomic E-state index is 12.9. The third-order valence-corrected chi connectivity index (χ3v) is 5.91. The zero-order chi connectivity index (χ0) is 20.4. The van der Waals surface area contributed by atoms with Gasteiger partial charge in [-0.1, -0.05) is 35.4 Å². The second-order valence-corrected chi connectivity index (χ2v) is 8.33. The van der Waals surface area contributed by atoms with Crippen molar-refractivity contribution in [2.24, 2.45) is 0 Å². The fraction of sp³-hybridized carbons (Fsp3) is 0.435. The highest BCUT2D eigenvalue weighted by atomic mass is 35.5. The van der Waals surface area contributed by atoms with Crippen LogP contribution >= 0.6 is 11.6 Å². The monoisotopic (exact) mass is 399 g/mol. The largest absolute Gasteiger partial charge is 0.369 e. The molecule has 1 N–H and O–H groups in total. The molecule has 2 aromatic carbocycles. The van der Waals surface area contributed by atoms with E-state index in [-0.39, 0.29) is 11.9 Å². The van der Waals surface area contributed by atoms with Crippen molar-refractivity contribution >= 4 is 28.9 Å². The van der Waals surface area contributed by atoms with Crippen molar-refractivity contribution in [2.45, 2.75) is 40.7 Å². The summed E-state index contributed by atoms with van der Waals surface area (Å²) < 4.78 is 0. The standard InChI is InChI=1S/C23H30ClN3O/c1-15-12-17(3)22(18(4)13-15)25-23(28)19(5)26-8-10-27(11-9-26)21-14-20(24)7-6-16(21)2/h6-7,12-14,19H,8-11H2,1-5H3,(H,25,28)/t19-/m1/s1. The van der Waals surface area contributed by atoms with Gasteiger partial charge in [0.25, 0.3) is 0 Å². The van der Waals surface area contributed by atoms with Gasteiger partial charge in [-0.15, -0.1) is 0 Å². The maximum absolute atomic E-state index is 12.9. The van der Waals surface area contributed by atoms with Crippen molar-refractivity contribution < 1.29 is 4.79 Å². The Morgan fingerprint density at radius 2 is 1.57 bits per heavy atom. The Bertz CT molecular complexity index is 849. The van der Waals surface area contributed by atoms with Crippen molar-refractivity contribution in [2.75, 3.05) is 36.4 Å². The molecule has 1 atom stereocenters. The van der Waals surface area contributed by atoms with E-state index in [0.717, 1.165) is 48.0 Å². The van der Waals surface area contributed by atoms with Crippen LogP contribution in [0.5, 0.6) is 0 Å². The molecule has 0 bridgehead atoms. The van der Waals surface area contributed by atoms with Crippen molar-refractivity contribution in [1.29, 1.82) is 0 Å². The highest BCUT2D eigenvalue weighted by molar-refractivity contribution is 6.30. The highest BCUT2D eigenvalue weighted by Gasteiger charge is 2.26. The number of hydrogen-bond acceptors (Lipinski definition) is 3. The van der Waals surface area contributed by atoms with Crippen LogP contribution < -0.4 is 10.2 Å². The van der Waals surface area contributed by atoms with Crippen molar-refractivity contribution in [3.63, 3.8) is 0 Å². The summed E-state index contributed by atoms with van der Waals surface area (Å²) in [6.45, 7) is 13.8. The van der Waals surface area contributed by atoms with Crippen LogP contribution in [-0.4, -0.2) is 43.0 Å². The zero-order valence-electron chi connectivity index (χ0n) is 17.5. The van der Waals surface area contributed by atoms with Crippen LogP contribution in [0.15, 0.2) is 30.3 Å². The van der Waals surface area contributed by atoms with Crippen LogP contribution in [0, 0.1) is 27.7 Å². The molecule has 150 valence electrons. The lowest BCUT2D eigenvalue weighted by Crippen LogP contribution is -2.53. The van der Waals surface area contributed by atoms with Gasteiger partial charge in [-0.25, -0.2) is 0 Å². The Morgan fingerprint density at radius 1 is 0.964 bits per heavy atom. The molecule has 0 aliphatic carbocycles. The minimum absolute atomic E-state index is 0.0578. The third kappa shape index (κ3) is 4.50. The van der Waals surface area contributed by atoms with Crippen LogP contribution in [0.4, 0.5) is 11.4 Å². The summed E-state index contributed by atoms with van der Waals surface area (Å²) in [7, 11) is 0. The molecule has 1 aliphatic rings. The molecule has 5 heteroatoms. The molecule has 1 fully saturated rings. The van der Waals surface area contributed by atoms with Crippen LogP contribution in [0.3, 0.4) is 0 Å². The average molecular weight is 400 g/mol. The summed E-state index contributed by atoms with van der Waals surface area (Å²) in [5, 5.41) is 3.91. The molecule has 0 spiro atoms. The number of piperazine rings is 1. The molecule has 1 saturated heterocycles. The van der Waals surface area contributed by atoms with Crippen molar-refractivity contribution in [3.05, 3.63) is 57.6 Å². The summed E-state index contributed by atoms with van der Waals surface area (Å²) >= 11 is 6.18. The first-order valence-corrected chi connectivity index (χ1v) is 10.3. The second-order valence-electron chi connectivity index (χ2n) is 7.89. The molecule has 0 aromatic heterocycles. The zero-order valence-corrected chi connectivity index (χ0v) is 18.2. The smallest absolute Gasteiger partial charge is 0.241 e. The number of amides is 1. The van der Waals surface area contributed by atoms with Gasteiger partial charge in [0.15, 0.2) is 0 Å². The first-order chi connectivity index (χ1) is 13.3. The number of halogens is 1. The Labute approximate surface area is 173 Å². The van der Waals surface area contributed by atoms with Gasteiger partial charge >= 0.3 is 0 Å². The summed E-state index contributed by atoms with van der Waals surface area (Å²) in [5.74, 6) is 0.0578. The fourth-order valence-electron chi connectivity index (χ4n) is 4.04. The van der Waals surface area contributed by atoms with Gasteiger partial charge in [0.05, 0.1) is 6.04 Å². The van der Waals surface area contributed by atoms with Crippen LogP contribution in [0.2, 0.25) is 5.02 Å². The summed E-state index contributed by atoms with van der Waals surface area (Å²) in [6, 6.07) is 10.1. The van der Waals surface area contributed by atoms with E-state index in [4.69, 9.17) is 11.6 Å². The number of anilines is 2. The SMILES string of the molecule is Cc1cc(C)c(NC(=O)[C@@H](C)N2CCN(c3cc(Cl)ccc3C)CC2)c(C)c1. The minimum atomic E-state index is -0.164. The van der Waals surface area contributed by atoms with Crippen LogP contribution in [-0.2, 0) is 4.79 Å². The summed E-state index contributed by atoms with van der Waals surface area (Å²) in [5.41, 5.74) is 6.80. The molecule has 0 radical (unpaired) electrons. The number of rotatable bonds is 4. The molecular formula is C23H30ClN3O. The number of nitrogens with one attached hydrogen (secondary N) is 1. The lowest BCUT2D eigenvalue weighted by molar-refractivity contribution is -0.120. The molecule has 1 aliphatic heterocycles. The maximum Gasteiger partial charge on any atom is 0.241 e. The Balaban J connectivity index is 1.63. The molecular weight excluding hydrogens is 370 g/mol. The van der Waals surface area contributed by atoms with Gasteiger partial charge in [0.1, 0.15) is 0 Å². The lowest BCUT2D eigenvalue weighted by Gasteiger charge is -2.39. The lowest BCUT2D eigenvalue weighted by atomic mass is 10.0. The highest BCUT2D eigenvalue weighted by Crippen LogP contribution is 2.26. The number of carbonyl (C=O) groups is 1. The van der Waals surface area contributed by atoms with Gasteiger partial charge < -0.3 is 10.2 Å². The van der Waals surface area contributed by atoms with E-state index in [2.05, 4.69) is 47.2 Å². The quantitative estimate of drug-likeness (QED) is 0.807. The minimum Gasteiger partial charge on any atom is -0.369 e. The molecule has 28 heavy (non-hydrogen) atoms. The van der Waals surface area contributed by atoms with Gasteiger partial charge in [0.2, 0.25) is 5.91 Å². The number of nitrogens with zero attached hydrogens (tertiary/aromatic N) is 2. The molecule has 2 aromatic rings. The van der Waals surface area contributed by atoms with E-state index in [1.165, 1.54) is 16.8 Å². The van der Waals surface area contributed by atoms with E-state index in [0.29, 0.717) is 0 Å². The predicted octanol–water partition coefficient (Wildman–Crippen LogP) is 4.72. The normalized spacial score (nSPS) is 16.1. The van der Waals surface area contributed by atoms with Crippen molar-refractivity contribution in [3.8, 4) is 0 Å². The molecule has 3 rings (SSSR count). The number of benzene rings is 2. The fourth-order valence-corrected chi connectivity index (χ4v) is 4.21. The van der Waals surface area contributed by atoms with Crippen molar-refractivity contribution in [1.82, 2.24) is 4.90 Å². The summed E-state index contributed by atoms with van der Waals surface area (Å²) in [6.07, 6.45) is 0. The Hall–Kier alpha value is -2.04. The Morgan fingerprint density at radius 3 is 2.18 bits per heavy atom. The van der Waals surface area contributed by atoms with Gasteiger partial charge in [-0.3, -0.25) is 9.69 Å². The Kier molecular flexibility index (Phi) is 6.31. The van der Waals surface area contributed by atoms with E-state index in [1.807, 2.05) is 32.9 Å². The average Bonchev–Trinajstić information content (AvgIpc) is 2.66. The first kappa shape index (κ1) is 20.7. The van der Waals surface area contributed by atoms with Gasteiger partial charge in [-0.05, 0) is 63.4 Å². The molecule has 4 nitrogen and oxygen atoms in total. The van der Waals surface area contributed by atoms with Gasteiger partial charge in [0, 0.05) is 42.6 Å². The second kappa shape index (κ2) is 8.54. The van der Waals surface area contributed by atoms with E-state index >= 15 is 0 Å². The third-order valence-electron chi connectivity index (χ3n) is 5.68. The summed E-state index contributed by atoms with van der Waals surface area (Å²) in [4.78, 5) is 17.5. The molecule has 1 amide bonds. The number of aryl methyl sites for hydroxylation is 4. The topological polar surface area (TPSA) is 35.6 Å². The predicted molar refractivity (Wildman–Crippen MR) is 119 cm³/mol. The van der Waals surface area contributed by atoms with E-state index < -0.39 is 0 Å².